The molecule has 0 fully saturated rings. The van der Waals surface area contributed by atoms with Crippen molar-refractivity contribution in [1.29, 1.82) is 0 Å². The van der Waals surface area contributed by atoms with Crippen LogP contribution in [-0.4, -0.2) is 28.7 Å². The molecule has 8 heteroatoms. The standard InChI is InChI=1S/C20H21ClFN3O3/c1-3-8-23-20(28)18(26)16-11(2)17(25-9-4-5-15(16)25)19(27)24-12-6-7-14(22)13(21)10-12/h6-7,10H,3-5,8-9H2,1-2H3,(H,23,28)(H,24,27). The summed E-state index contributed by atoms with van der Waals surface area (Å²) in [5.41, 5.74) is 2.15. The molecule has 0 aliphatic carbocycles. The highest BCUT2D eigenvalue weighted by Gasteiger charge is 2.32. The molecule has 0 saturated heterocycles. The van der Waals surface area contributed by atoms with Crippen molar-refractivity contribution in [2.24, 2.45) is 0 Å². The minimum absolute atomic E-state index is 0.0987. The highest BCUT2D eigenvalue weighted by molar-refractivity contribution is 6.43. The molecule has 3 rings (SSSR count). The molecule has 1 aliphatic rings. The van der Waals surface area contributed by atoms with Crippen molar-refractivity contribution >= 4 is 34.9 Å². The first-order valence-corrected chi connectivity index (χ1v) is 9.53. The van der Waals surface area contributed by atoms with Crippen LogP contribution >= 0.6 is 11.6 Å². The fourth-order valence-electron chi connectivity index (χ4n) is 3.51. The second-order valence-electron chi connectivity index (χ2n) is 6.72. The highest BCUT2D eigenvalue weighted by atomic mass is 35.5. The molecular weight excluding hydrogens is 385 g/mol. The Balaban J connectivity index is 1.94. The quantitative estimate of drug-likeness (QED) is 0.570. The number of nitrogens with one attached hydrogen (secondary N) is 2. The SMILES string of the molecule is CCCNC(=O)C(=O)c1c(C)c(C(=O)Nc2ccc(F)c(Cl)c2)n2c1CCC2. The van der Waals surface area contributed by atoms with E-state index in [1.54, 1.807) is 11.5 Å². The lowest BCUT2D eigenvalue weighted by atomic mass is 10.0. The minimum Gasteiger partial charge on any atom is -0.349 e. The molecule has 0 radical (unpaired) electrons. The van der Waals surface area contributed by atoms with Crippen molar-refractivity contribution in [3.63, 3.8) is 0 Å². The maximum absolute atomic E-state index is 13.3. The summed E-state index contributed by atoms with van der Waals surface area (Å²) < 4.78 is 15.1. The number of hydrogen-bond acceptors (Lipinski definition) is 3. The molecule has 1 aromatic carbocycles. The van der Waals surface area contributed by atoms with E-state index in [0.717, 1.165) is 12.8 Å². The number of halogens is 2. The smallest absolute Gasteiger partial charge is 0.292 e. The third-order valence-electron chi connectivity index (χ3n) is 4.77. The van der Waals surface area contributed by atoms with E-state index in [1.165, 1.54) is 18.2 Å². The van der Waals surface area contributed by atoms with Crippen molar-refractivity contribution in [1.82, 2.24) is 9.88 Å². The van der Waals surface area contributed by atoms with E-state index in [9.17, 15) is 18.8 Å². The van der Waals surface area contributed by atoms with Gasteiger partial charge in [0.15, 0.2) is 0 Å². The molecule has 2 heterocycles. The summed E-state index contributed by atoms with van der Waals surface area (Å²) in [6, 6.07) is 3.90. The lowest BCUT2D eigenvalue weighted by molar-refractivity contribution is -0.117. The van der Waals surface area contributed by atoms with Gasteiger partial charge in [-0.2, -0.15) is 0 Å². The molecule has 28 heavy (non-hydrogen) atoms. The lowest BCUT2D eigenvalue weighted by Gasteiger charge is -2.09. The summed E-state index contributed by atoms with van der Waals surface area (Å²) in [5, 5.41) is 5.18. The van der Waals surface area contributed by atoms with E-state index >= 15 is 0 Å². The molecule has 0 atom stereocenters. The second kappa shape index (κ2) is 8.14. The molecule has 1 aromatic heterocycles. The zero-order chi connectivity index (χ0) is 20.4. The number of ketones is 1. The molecule has 0 unspecified atom stereocenters. The lowest BCUT2D eigenvalue weighted by Crippen LogP contribution is -2.32. The van der Waals surface area contributed by atoms with Gasteiger partial charge in [0.05, 0.1) is 10.6 Å². The maximum atomic E-state index is 13.3. The summed E-state index contributed by atoms with van der Waals surface area (Å²) in [6.07, 6.45) is 2.13. The average Bonchev–Trinajstić information content (AvgIpc) is 3.21. The fraction of sp³-hybridized carbons (Fsp3) is 0.350. The van der Waals surface area contributed by atoms with Crippen LogP contribution in [0.3, 0.4) is 0 Å². The molecule has 2 N–H and O–H groups in total. The van der Waals surface area contributed by atoms with Gasteiger partial charge in [0.25, 0.3) is 17.6 Å². The summed E-state index contributed by atoms with van der Waals surface area (Å²) in [6.45, 7) is 4.57. The first-order valence-electron chi connectivity index (χ1n) is 9.16. The summed E-state index contributed by atoms with van der Waals surface area (Å²) in [5.74, 6) is -2.30. The Hall–Kier alpha value is -2.67. The van der Waals surface area contributed by atoms with Gasteiger partial charge >= 0.3 is 0 Å². The Morgan fingerprint density at radius 2 is 2.04 bits per heavy atom. The van der Waals surface area contributed by atoms with Crippen LogP contribution < -0.4 is 10.6 Å². The average molecular weight is 406 g/mol. The van der Waals surface area contributed by atoms with Gasteiger partial charge < -0.3 is 15.2 Å². The van der Waals surface area contributed by atoms with Gasteiger partial charge in [0.2, 0.25) is 0 Å². The van der Waals surface area contributed by atoms with Gasteiger partial charge in [-0.1, -0.05) is 18.5 Å². The monoisotopic (exact) mass is 405 g/mol. The van der Waals surface area contributed by atoms with Gasteiger partial charge in [0, 0.05) is 24.5 Å². The predicted molar refractivity (Wildman–Crippen MR) is 104 cm³/mol. The van der Waals surface area contributed by atoms with Crippen molar-refractivity contribution in [3.8, 4) is 0 Å². The predicted octanol–water partition coefficient (Wildman–Crippen LogP) is 3.50. The Morgan fingerprint density at radius 1 is 1.29 bits per heavy atom. The first kappa shape index (κ1) is 20.1. The van der Waals surface area contributed by atoms with Gasteiger partial charge in [-0.15, -0.1) is 0 Å². The van der Waals surface area contributed by atoms with Crippen molar-refractivity contribution in [2.45, 2.75) is 39.7 Å². The molecule has 2 amide bonds. The van der Waals surface area contributed by atoms with E-state index in [2.05, 4.69) is 10.6 Å². The third-order valence-corrected chi connectivity index (χ3v) is 5.06. The number of rotatable bonds is 6. The third kappa shape index (κ3) is 3.67. The number of nitrogens with zero attached hydrogens (tertiary/aromatic N) is 1. The number of amides is 2. The van der Waals surface area contributed by atoms with Crippen molar-refractivity contribution in [3.05, 3.63) is 51.6 Å². The van der Waals surface area contributed by atoms with Crippen LogP contribution in [0.2, 0.25) is 5.02 Å². The van der Waals surface area contributed by atoms with E-state index in [-0.39, 0.29) is 5.02 Å². The van der Waals surface area contributed by atoms with E-state index < -0.39 is 23.4 Å². The number of benzene rings is 1. The Labute approximate surface area is 167 Å². The van der Waals surface area contributed by atoms with E-state index in [0.29, 0.717) is 47.7 Å². The number of hydrogen-bond donors (Lipinski definition) is 2. The Kier molecular flexibility index (Phi) is 5.84. The number of aromatic nitrogens is 1. The molecule has 6 nitrogen and oxygen atoms in total. The largest absolute Gasteiger partial charge is 0.349 e. The van der Waals surface area contributed by atoms with Crippen LogP contribution in [-0.2, 0) is 17.8 Å². The summed E-state index contributed by atoms with van der Waals surface area (Å²) in [4.78, 5) is 37.8. The zero-order valence-electron chi connectivity index (χ0n) is 15.7. The fourth-order valence-corrected chi connectivity index (χ4v) is 3.69. The number of Topliss-reactive ketones (excluding diaryl/α,β-unsaturated/α-hetero) is 1. The summed E-state index contributed by atoms with van der Waals surface area (Å²) >= 11 is 5.77. The zero-order valence-corrected chi connectivity index (χ0v) is 16.5. The van der Waals surface area contributed by atoms with Crippen molar-refractivity contribution in [2.75, 3.05) is 11.9 Å². The van der Waals surface area contributed by atoms with Crippen LogP contribution in [0.4, 0.5) is 10.1 Å². The summed E-state index contributed by atoms with van der Waals surface area (Å²) in [7, 11) is 0. The molecule has 148 valence electrons. The molecular formula is C20H21ClFN3O3. The van der Waals surface area contributed by atoms with Crippen LogP contribution in [0.1, 0.15) is 51.9 Å². The number of carbonyl (C=O) groups is 3. The molecule has 1 aliphatic heterocycles. The minimum atomic E-state index is -0.664. The normalized spacial score (nSPS) is 12.6. The Bertz CT molecular complexity index is 968. The van der Waals surface area contributed by atoms with Crippen LogP contribution in [0.15, 0.2) is 18.2 Å². The van der Waals surface area contributed by atoms with Crippen LogP contribution in [0.5, 0.6) is 0 Å². The molecule has 0 spiro atoms. The van der Waals surface area contributed by atoms with Gasteiger partial charge in [-0.05, 0) is 49.9 Å². The molecule has 0 saturated carbocycles. The topological polar surface area (TPSA) is 80.2 Å². The Morgan fingerprint density at radius 3 is 2.71 bits per heavy atom. The van der Waals surface area contributed by atoms with Gasteiger partial charge in [-0.3, -0.25) is 14.4 Å². The van der Waals surface area contributed by atoms with E-state index in [1.807, 2.05) is 6.92 Å². The number of fused-ring (bicyclic) bond motifs is 1. The maximum Gasteiger partial charge on any atom is 0.292 e. The second-order valence-corrected chi connectivity index (χ2v) is 7.13. The first-order chi connectivity index (χ1) is 13.3. The number of carbonyl (C=O) groups excluding carboxylic acids is 3. The molecule has 2 aromatic rings. The van der Waals surface area contributed by atoms with Gasteiger partial charge in [-0.25, -0.2) is 4.39 Å². The van der Waals surface area contributed by atoms with Crippen LogP contribution in [0.25, 0.3) is 0 Å². The highest BCUT2D eigenvalue weighted by Crippen LogP contribution is 2.30. The van der Waals surface area contributed by atoms with Crippen molar-refractivity contribution < 1.29 is 18.8 Å². The molecule has 0 bridgehead atoms. The van der Waals surface area contributed by atoms with Gasteiger partial charge in [0.1, 0.15) is 11.5 Å². The van der Waals surface area contributed by atoms with Crippen LogP contribution in [0, 0.1) is 12.7 Å². The number of anilines is 1. The van der Waals surface area contributed by atoms with E-state index in [4.69, 9.17) is 11.6 Å².